The summed E-state index contributed by atoms with van der Waals surface area (Å²) in [6.07, 6.45) is 10.1. The van der Waals surface area contributed by atoms with Crippen LogP contribution in [-0.2, 0) is 6.42 Å². The molecule has 0 saturated carbocycles. The van der Waals surface area contributed by atoms with Crippen LogP contribution in [0.3, 0.4) is 0 Å². The van der Waals surface area contributed by atoms with Gasteiger partial charge in [0.05, 0.1) is 10.9 Å². The van der Waals surface area contributed by atoms with Crippen molar-refractivity contribution in [2.75, 3.05) is 77.8 Å². The number of allylic oxidation sites excluding steroid dienone is 1. The Morgan fingerprint density at radius 3 is 2.52 bits per heavy atom. The van der Waals surface area contributed by atoms with Crippen LogP contribution in [0.15, 0.2) is 44.5 Å². The molecule has 5 aromatic rings. The number of aromatic nitrogens is 1. The van der Waals surface area contributed by atoms with Gasteiger partial charge in [-0.3, -0.25) is 14.4 Å². The van der Waals surface area contributed by atoms with E-state index in [4.69, 9.17) is 4.42 Å². The summed E-state index contributed by atoms with van der Waals surface area (Å²) in [6, 6.07) is 4.86. The van der Waals surface area contributed by atoms with Gasteiger partial charge < -0.3 is 34.2 Å². The lowest BCUT2D eigenvalue weighted by molar-refractivity contribution is 0.0948. The number of benzene rings is 2. The third-order valence-corrected chi connectivity index (χ3v) is 10.5. The second-order valence-electron chi connectivity index (χ2n) is 13.6. The number of hydrogen-bond donors (Lipinski definition) is 2. The summed E-state index contributed by atoms with van der Waals surface area (Å²) in [4.78, 5) is 47.9. The van der Waals surface area contributed by atoms with Crippen molar-refractivity contribution in [3.63, 3.8) is 0 Å². The number of nitrogens with zero attached hydrogens (tertiary/aromatic N) is 4. The largest absolute Gasteiger partial charge is 0.451 e. The molecule has 3 aliphatic rings. The maximum absolute atomic E-state index is 16.0. The summed E-state index contributed by atoms with van der Waals surface area (Å²) in [7, 11) is 2.12. The van der Waals surface area contributed by atoms with E-state index in [9.17, 15) is 14.4 Å². The lowest BCUT2D eigenvalue weighted by Gasteiger charge is -2.32. The van der Waals surface area contributed by atoms with E-state index in [1.54, 1.807) is 16.7 Å². The van der Waals surface area contributed by atoms with Gasteiger partial charge >= 0.3 is 0 Å². The lowest BCUT2D eigenvalue weighted by Crippen LogP contribution is -2.45. The number of fused-ring (bicyclic) bond motifs is 5. The molecule has 250 valence electrons. The molecular formula is C37H41FN6O4. The average Bonchev–Trinajstić information content (AvgIpc) is 3.71. The number of anilines is 1. The van der Waals surface area contributed by atoms with Crippen LogP contribution in [0.1, 0.15) is 47.2 Å². The van der Waals surface area contributed by atoms with Gasteiger partial charge in [-0.25, -0.2) is 4.39 Å². The Morgan fingerprint density at radius 1 is 0.917 bits per heavy atom. The monoisotopic (exact) mass is 652 g/mol. The second-order valence-corrected chi connectivity index (χ2v) is 13.6. The van der Waals surface area contributed by atoms with E-state index in [-0.39, 0.29) is 27.6 Å². The fourth-order valence-corrected chi connectivity index (χ4v) is 7.75. The van der Waals surface area contributed by atoms with Gasteiger partial charge in [-0.2, -0.15) is 0 Å². The van der Waals surface area contributed by atoms with Crippen LogP contribution in [0.2, 0.25) is 0 Å². The normalized spacial score (nSPS) is 17.7. The van der Waals surface area contributed by atoms with E-state index in [2.05, 4.69) is 32.4 Å². The van der Waals surface area contributed by atoms with E-state index in [0.717, 1.165) is 95.4 Å². The molecule has 10 nitrogen and oxygen atoms in total. The molecule has 2 N–H and O–H groups in total. The molecule has 2 aliphatic heterocycles. The van der Waals surface area contributed by atoms with Gasteiger partial charge in [0, 0.05) is 63.0 Å². The molecule has 11 heteroatoms. The minimum absolute atomic E-state index is 0.0574. The van der Waals surface area contributed by atoms with E-state index in [1.165, 1.54) is 6.07 Å². The van der Waals surface area contributed by atoms with Gasteiger partial charge in [0.1, 0.15) is 16.8 Å². The number of rotatable bonds is 9. The summed E-state index contributed by atoms with van der Waals surface area (Å²) < 4.78 is 24.2. The van der Waals surface area contributed by atoms with Gasteiger partial charge in [-0.05, 0) is 87.9 Å². The van der Waals surface area contributed by atoms with Crippen LogP contribution in [0, 0.1) is 5.82 Å². The Hall–Kier alpha value is -4.32. The van der Waals surface area contributed by atoms with Crippen LogP contribution in [-0.4, -0.2) is 97.5 Å². The first kappa shape index (κ1) is 31.0. The zero-order valence-corrected chi connectivity index (χ0v) is 27.4. The molecule has 48 heavy (non-hydrogen) atoms. The Morgan fingerprint density at radius 2 is 1.71 bits per heavy atom. The lowest BCUT2D eigenvalue weighted by atomic mass is 10.00. The van der Waals surface area contributed by atoms with Crippen LogP contribution in [0.5, 0.6) is 0 Å². The predicted molar refractivity (Wildman–Crippen MR) is 188 cm³/mol. The molecule has 8 rings (SSSR count). The third kappa shape index (κ3) is 5.43. The summed E-state index contributed by atoms with van der Waals surface area (Å²) in [5.74, 6) is -1.12. The number of hydrogen-bond acceptors (Lipinski definition) is 8. The number of aryl methyl sites for hydroxylation is 1. The quantitative estimate of drug-likeness (QED) is 0.139. The molecule has 2 fully saturated rings. The van der Waals surface area contributed by atoms with E-state index < -0.39 is 17.2 Å². The number of carbonyl (C=O) groups is 1. The molecule has 0 spiro atoms. The predicted octanol–water partition coefficient (Wildman–Crippen LogP) is 4.12. The Bertz CT molecular complexity index is 2190. The van der Waals surface area contributed by atoms with Crippen LogP contribution in [0.4, 0.5) is 10.1 Å². The highest BCUT2D eigenvalue weighted by Gasteiger charge is 2.25. The molecule has 1 amide bonds. The van der Waals surface area contributed by atoms with E-state index in [0.29, 0.717) is 40.7 Å². The number of pyridine rings is 1. The maximum atomic E-state index is 16.0. The highest BCUT2D eigenvalue weighted by Crippen LogP contribution is 2.36. The number of amides is 1. The van der Waals surface area contributed by atoms with Gasteiger partial charge in [0.25, 0.3) is 5.91 Å². The summed E-state index contributed by atoms with van der Waals surface area (Å²) in [6.45, 7) is 8.60. The number of likely N-dealkylation sites (N-methyl/N-ethyl adjacent to an activating group) is 1. The van der Waals surface area contributed by atoms with Crippen molar-refractivity contribution in [3.05, 3.63) is 73.4 Å². The number of likely N-dealkylation sites (tertiary alicyclic amines) is 1. The average molecular weight is 653 g/mol. The highest BCUT2D eigenvalue weighted by atomic mass is 19.1. The van der Waals surface area contributed by atoms with Gasteiger partial charge in [-0.1, -0.05) is 12.2 Å². The molecule has 0 unspecified atom stereocenters. The van der Waals surface area contributed by atoms with Crippen molar-refractivity contribution in [1.82, 2.24) is 24.4 Å². The molecule has 1 aliphatic carbocycles. The first-order valence-corrected chi connectivity index (χ1v) is 17.3. The first-order chi connectivity index (χ1) is 23.4. The summed E-state index contributed by atoms with van der Waals surface area (Å²) >= 11 is 0. The summed E-state index contributed by atoms with van der Waals surface area (Å²) in [5.41, 5.74) is 2.71. The second kappa shape index (κ2) is 12.6. The van der Waals surface area contributed by atoms with Crippen molar-refractivity contribution < 1.29 is 13.6 Å². The molecule has 2 aromatic heterocycles. The van der Waals surface area contributed by atoms with Gasteiger partial charge in [0.15, 0.2) is 22.4 Å². The fraction of sp³-hybridized carbons (Fsp3) is 0.432. The number of carbonyl (C=O) groups excluding carboxylic acids is 1. The zero-order chi connectivity index (χ0) is 32.9. The molecule has 0 atom stereocenters. The Labute approximate surface area is 277 Å². The van der Waals surface area contributed by atoms with E-state index >= 15 is 4.39 Å². The van der Waals surface area contributed by atoms with Crippen LogP contribution in [0.25, 0.3) is 44.4 Å². The minimum Gasteiger partial charge on any atom is -0.451 e. The smallest absolute Gasteiger partial charge is 0.256 e. The van der Waals surface area contributed by atoms with E-state index in [1.807, 2.05) is 18.2 Å². The molecule has 0 radical (unpaired) electrons. The molecule has 0 bridgehead atoms. The topological polar surface area (TPSA) is 103 Å². The molecule has 2 saturated heterocycles. The number of nitrogens with one attached hydrogen (secondary N) is 2. The zero-order valence-electron chi connectivity index (χ0n) is 27.4. The standard InChI is InChI=1S/C37H41FN6O4/c1-41-15-17-43(18-16-41)13-6-9-40-37(47)28-22-44-30-20-25-23-7-2-3-8-24(23)34(45)26(25)21-31(30)48-36-32(39-10-14-42-11-4-5-12-42)29(38)19-27(33(36)44)35(28)46/h3,8,19-22,39H,2,4-7,9-18H2,1H3,(H,40,47). The number of halogens is 1. The van der Waals surface area contributed by atoms with Crippen molar-refractivity contribution >= 4 is 56.0 Å². The van der Waals surface area contributed by atoms with Crippen LogP contribution >= 0.6 is 0 Å². The summed E-state index contributed by atoms with van der Waals surface area (Å²) in [5, 5.41) is 7.62. The molecule has 3 aromatic carbocycles. The first-order valence-electron chi connectivity index (χ1n) is 17.3. The number of piperazine rings is 1. The highest BCUT2D eigenvalue weighted by molar-refractivity contribution is 6.08. The van der Waals surface area contributed by atoms with Gasteiger partial charge in [0.2, 0.25) is 5.43 Å². The Balaban J connectivity index is 1.22. The van der Waals surface area contributed by atoms with Crippen LogP contribution < -0.4 is 21.5 Å². The minimum atomic E-state index is -0.629. The molecular weight excluding hydrogens is 611 g/mol. The fourth-order valence-electron chi connectivity index (χ4n) is 7.75. The SMILES string of the molecule is CN1CCN(CCCNC(=O)c2cn3c4cc5c6c(c(=O)c5cc4oc4c(NCCN5CCCC5)c(F)cc(c2=O)c43)C=CCC6)CC1. The maximum Gasteiger partial charge on any atom is 0.256 e. The van der Waals surface area contributed by atoms with Crippen molar-refractivity contribution in [1.29, 1.82) is 0 Å². The van der Waals surface area contributed by atoms with Gasteiger partial charge in [-0.15, -0.1) is 0 Å². The molecule has 4 heterocycles. The van der Waals surface area contributed by atoms with Crippen molar-refractivity contribution in [3.8, 4) is 0 Å². The third-order valence-electron chi connectivity index (χ3n) is 10.5. The Kier molecular flexibility index (Phi) is 8.14. The van der Waals surface area contributed by atoms with Crippen molar-refractivity contribution in [2.45, 2.75) is 32.1 Å². The van der Waals surface area contributed by atoms with Crippen molar-refractivity contribution in [2.24, 2.45) is 0 Å².